The van der Waals surface area contributed by atoms with Crippen LogP contribution in [0.2, 0.25) is 0 Å². The van der Waals surface area contributed by atoms with Gasteiger partial charge in [-0.2, -0.15) is 0 Å². The average molecular weight is 308 g/mol. The quantitative estimate of drug-likeness (QED) is 0.422. The first-order valence-electron chi connectivity index (χ1n) is 7.98. The Morgan fingerprint density at radius 3 is 2.26 bits per heavy atom. The predicted molar refractivity (Wildman–Crippen MR) is 94.5 cm³/mol. The summed E-state index contributed by atoms with van der Waals surface area (Å²) in [5.41, 5.74) is 3.85. The van der Waals surface area contributed by atoms with Gasteiger partial charge in [0.25, 0.3) is 0 Å². The van der Waals surface area contributed by atoms with Crippen LogP contribution >= 0.6 is 0 Å². The standard InChI is InChI=1S/C21H24O2/c1-4-20(22)23-16-8-9-17-12-14-19(15-13-17)21(2,3)18-10-6-5-7-11-18/h4-7,10-15H,1,8-9,16H2,2-3H3. The highest BCUT2D eigenvalue weighted by Gasteiger charge is 2.22. The van der Waals surface area contributed by atoms with E-state index in [2.05, 4.69) is 69.0 Å². The molecule has 0 amide bonds. The first kappa shape index (κ1) is 17.0. The number of benzene rings is 2. The summed E-state index contributed by atoms with van der Waals surface area (Å²) in [7, 11) is 0. The molecule has 0 bridgehead atoms. The van der Waals surface area contributed by atoms with Crippen molar-refractivity contribution in [1.29, 1.82) is 0 Å². The van der Waals surface area contributed by atoms with E-state index in [1.807, 2.05) is 6.07 Å². The molecule has 0 fully saturated rings. The van der Waals surface area contributed by atoms with Crippen molar-refractivity contribution < 1.29 is 9.53 Å². The van der Waals surface area contributed by atoms with Crippen LogP contribution in [0.25, 0.3) is 0 Å². The predicted octanol–water partition coefficient (Wildman–Crippen LogP) is 4.67. The average Bonchev–Trinajstić information content (AvgIpc) is 2.59. The van der Waals surface area contributed by atoms with Crippen LogP contribution in [0, 0.1) is 0 Å². The molecule has 2 rings (SSSR count). The van der Waals surface area contributed by atoms with Gasteiger partial charge in [0, 0.05) is 11.5 Å². The van der Waals surface area contributed by atoms with E-state index in [-0.39, 0.29) is 11.4 Å². The van der Waals surface area contributed by atoms with E-state index in [1.165, 1.54) is 22.8 Å². The van der Waals surface area contributed by atoms with Crippen molar-refractivity contribution >= 4 is 5.97 Å². The Hall–Kier alpha value is -2.35. The van der Waals surface area contributed by atoms with E-state index in [9.17, 15) is 4.79 Å². The number of hydrogen-bond donors (Lipinski definition) is 0. The van der Waals surface area contributed by atoms with Gasteiger partial charge in [0.2, 0.25) is 0 Å². The number of aryl methyl sites for hydroxylation is 1. The van der Waals surface area contributed by atoms with E-state index < -0.39 is 0 Å². The van der Waals surface area contributed by atoms with E-state index in [0.29, 0.717) is 6.61 Å². The van der Waals surface area contributed by atoms with Gasteiger partial charge in [0.1, 0.15) is 0 Å². The second-order valence-electron chi connectivity index (χ2n) is 6.16. The van der Waals surface area contributed by atoms with Crippen molar-refractivity contribution in [2.45, 2.75) is 32.1 Å². The lowest BCUT2D eigenvalue weighted by molar-refractivity contribution is -0.137. The van der Waals surface area contributed by atoms with Crippen LogP contribution in [0.1, 0.15) is 37.0 Å². The van der Waals surface area contributed by atoms with Gasteiger partial charge >= 0.3 is 5.97 Å². The maximum atomic E-state index is 11.0. The van der Waals surface area contributed by atoms with Gasteiger partial charge in [0.15, 0.2) is 0 Å². The third kappa shape index (κ3) is 4.56. The molecule has 0 N–H and O–H groups in total. The van der Waals surface area contributed by atoms with Gasteiger partial charge in [0.05, 0.1) is 6.61 Å². The minimum absolute atomic E-state index is 0.0146. The Morgan fingerprint density at radius 2 is 1.65 bits per heavy atom. The zero-order valence-corrected chi connectivity index (χ0v) is 13.9. The lowest BCUT2D eigenvalue weighted by atomic mass is 9.78. The van der Waals surface area contributed by atoms with Gasteiger partial charge in [-0.05, 0) is 29.5 Å². The molecule has 0 spiro atoms. The highest BCUT2D eigenvalue weighted by Crippen LogP contribution is 2.31. The van der Waals surface area contributed by atoms with Crippen molar-refractivity contribution in [3.05, 3.63) is 83.9 Å². The number of ether oxygens (including phenoxy) is 1. The fraction of sp³-hybridized carbons (Fsp3) is 0.286. The second kappa shape index (κ2) is 7.77. The summed E-state index contributed by atoms with van der Waals surface area (Å²) in [5, 5.41) is 0. The van der Waals surface area contributed by atoms with Gasteiger partial charge < -0.3 is 4.74 Å². The van der Waals surface area contributed by atoms with Gasteiger partial charge in [-0.1, -0.05) is 75.0 Å². The first-order valence-corrected chi connectivity index (χ1v) is 7.98. The van der Waals surface area contributed by atoms with Crippen LogP contribution in [-0.4, -0.2) is 12.6 Å². The van der Waals surface area contributed by atoms with Crippen LogP contribution in [-0.2, 0) is 21.4 Å². The van der Waals surface area contributed by atoms with Crippen molar-refractivity contribution in [2.24, 2.45) is 0 Å². The molecule has 2 aromatic carbocycles. The lowest BCUT2D eigenvalue weighted by Crippen LogP contribution is -2.18. The molecule has 120 valence electrons. The molecule has 0 saturated carbocycles. The minimum Gasteiger partial charge on any atom is -0.463 e. The number of carbonyl (C=O) groups excluding carboxylic acids is 1. The van der Waals surface area contributed by atoms with Crippen LogP contribution in [0.15, 0.2) is 67.3 Å². The van der Waals surface area contributed by atoms with E-state index in [1.54, 1.807) is 0 Å². The van der Waals surface area contributed by atoms with Crippen molar-refractivity contribution in [3.8, 4) is 0 Å². The summed E-state index contributed by atoms with van der Waals surface area (Å²) in [6.45, 7) is 8.30. The van der Waals surface area contributed by atoms with Crippen LogP contribution in [0.4, 0.5) is 0 Å². The van der Waals surface area contributed by atoms with E-state index in [0.717, 1.165) is 12.8 Å². The number of esters is 1. The van der Waals surface area contributed by atoms with Crippen LogP contribution in [0.5, 0.6) is 0 Å². The topological polar surface area (TPSA) is 26.3 Å². The summed E-state index contributed by atoms with van der Waals surface area (Å²) in [6.07, 6.45) is 2.91. The molecule has 0 aliphatic carbocycles. The maximum absolute atomic E-state index is 11.0. The Kier molecular flexibility index (Phi) is 5.75. The Labute approximate surface area is 138 Å². The van der Waals surface area contributed by atoms with Crippen molar-refractivity contribution in [3.63, 3.8) is 0 Å². The zero-order valence-electron chi connectivity index (χ0n) is 13.9. The summed E-state index contributed by atoms with van der Waals surface area (Å²) in [6, 6.07) is 19.2. The largest absolute Gasteiger partial charge is 0.463 e. The molecule has 2 aromatic rings. The Bertz CT molecular complexity index is 639. The Morgan fingerprint density at radius 1 is 1.04 bits per heavy atom. The molecule has 0 aromatic heterocycles. The fourth-order valence-electron chi connectivity index (χ4n) is 2.62. The van der Waals surface area contributed by atoms with Crippen molar-refractivity contribution in [1.82, 2.24) is 0 Å². The summed E-state index contributed by atoms with van der Waals surface area (Å²) in [4.78, 5) is 11.0. The summed E-state index contributed by atoms with van der Waals surface area (Å²) in [5.74, 6) is -0.357. The monoisotopic (exact) mass is 308 g/mol. The summed E-state index contributed by atoms with van der Waals surface area (Å²) >= 11 is 0. The molecule has 0 heterocycles. The molecule has 0 radical (unpaired) electrons. The number of carbonyl (C=O) groups is 1. The lowest BCUT2D eigenvalue weighted by Gasteiger charge is -2.26. The molecule has 0 saturated heterocycles. The van der Waals surface area contributed by atoms with Crippen molar-refractivity contribution in [2.75, 3.05) is 6.61 Å². The van der Waals surface area contributed by atoms with Crippen LogP contribution < -0.4 is 0 Å². The third-order valence-corrected chi connectivity index (χ3v) is 4.19. The second-order valence-corrected chi connectivity index (χ2v) is 6.16. The minimum atomic E-state index is -0.357. The van der Waals surface area contributed by atoms with E-state index in [4.69, 9.17) is 4.74 Å². The van der Waals surface area contributed by atoms with E-state index >= 15 is 0 Å². The molecule has 0 atom stereocenters. The SMILES string of the molecule is C=CC(=O)OCCCc1ccc(C(C)(C)c2ccccc2)cc1. The van der Waals surface area contributed by atoms with Crippen LogP contribution in [0.3, 0.4) is 0 Å². The molecular formula is C21H24O2. The third-order valence-electron chi connectivity index (χ3n) is 4.19. The molecule has 0 unspecified atom stereocenters. The Balaban J connectivity index is 1.96. The summed E-state index contributed by atoms with van der Waals surface area (Å²) < 4.78 is 4.99. The first-order chi connectivity index (χ1) is 11.0. The molecule has 0 aliphatic rings. The zero-order chi connectivity index (χ0) is 16.7. The normalized spacial score (nSPS) is 11.0. The fourth-order valence-corrected chi connectivity index (χ4v) is 2.62. The molecule has 23 heavy (non-hydrogen) atoms. The highest BCUT2D eigenvalue weighted by molar-refractivity contribution is 5.81. The maximum Gasteiger partial charge on any atom is 0.330 e. The molecular weight excluding hydrogens is 284 g/mol. The molecule has 0 aliphatic heterocycles. The molecule has 2 nitrogen and oxygen atoms in total. The smallest absolute Gasteiger partial charge is 0.330 e. The number of rotatable bonds is 7. The van der Waals surface area contributed by atoms with Gasteiger partial charge in [-0.25, -0.2) is 4.79 Å². The number of hydrogen-bond acceptors (Lipinski definition) is 2. The molecule has 2 heteroatoms. The van der Waals surface area contributed by atoms with Gasteiger partial charge in [-0.3, -0.25) is 0 Å². The van der Waals surface area contributed by atoms with Gasteiger partial charge in [-0.15, -0.1) is 0 Å². The highest BCUT2D eigenvalue weighted by atomic mass is 16.5.